The van der Waals surface area contributed by atoms with Crippen LogP contribution in [0.3, 0.4) is 0 Å². The summed E-state index contributed by atoms with van der Waals surface area (Å²) in [5, 5.41) is 8.26. The van der Waals surface area contributed by atoms with E-state index in [9.17, 15) is 9.59 Å². The molecule has 0 radical (unpaired) electrons. The summed E-state index contributed by atoms with van der Waals surface area (Å²) in [6.07, 6.45) is 1.44. The first-order valence-electron chi connectivity index (χ1n) is 8.42. The van der Waals surface area contributed by atoms with E-state index in [1.807, 2.05) is 30.5 Å². The summed E-state index contributed by atoms with van der Waals surface area (Å²) < 4.78 is 5.69. The SMILES string of the molecule is CCC(Br)C(=O)Nc1nc(-c2ccc3c(c2)C(NC(C)=O)CCO3)cs1. The van der Waals surface area contributed by atoms with Crippen molar-refractivity contribution in [3.63, 3.8) is 0 Å². The summed E-state index contributed by atoms with van der Waals surface area (Å²) in [5.41, 5.74) is 2.66. The van der Waals surface area contributed by atoms with Crippen molar-refractivity contribution in [3.05, 3.63) is 29.1 Å². The fourth-order valence-corrected chi connectivity index (χ4v) is 3.62. The Bertz CT molecular complexity index is 824. The van der Waals surface area contributed by atoms with Gasteiger partial charge in [0.15, 0.2) is 5.13 Å². The number of rotatable bonds is 5. The van der Waals surface area contributed by atoms with Gasteiger partial charge in [-0.15, -0.1) is 11.3 Å². The maximum atomic E-state index is 12.0. The van der Waals surface area contributed by atoms with Crippen LogP contribution >= 0.6 is 27.3 Å². The van der Waals surface area contributed by atoms with E-state index in [2.05, 4.69) is 31.5 Å². The van der Waals surface area contributed by atoms with Crippen LogP contribution in [0.15, 0.2) is 23.6 Å². The number of aromatic nitrogens is 1. The molecule has 1 aromatic heterocycles. The van der Waals surface area contributed by atoms with Crippen molar-refractivity contribution in [2.24, 2.45) is 0 Å². The molecule has 6 nitrogen and oxygen atoms in total. The molecule has 1 aliphatic heterocycles. The highest BCUT2D eigenvalue weighted by atomic mass is 79.9. The number of hydrogen-bond acceptors (Lipinski definition) is 5. The molecule has 0 saturated carbocycles. The highest BCUT2D eigenvalue weighted by Crippen LogP contribution is 2.36. The summed E-state index contributed by atoms with van der Waals surface area (Å²) in [6, 6.07) is 5.78. The number of nitrogens with one attached hydrogen (secondary N) is 2. The van der Waals surface area contributed by atoms with Gasteiger partial charge in [-0.1, -0.05) is 22.9 Å². The van der Waals surface area contributed by atoms with E-state index in [1.54, 1.807) is 0 Å². The van der Waals surface area contributed by atoms with Crippen LogP contribution < -0.4 is 15.4 Å². The normalized spacial score (nSPS) is 17.0. The van der Waals surface area contributed by atoms with Crippen molar-refractivity contribution >= 4 is 44.2 Å². The molecule has 3 rings (SSSR count). The number of fused-ring (bicyclic) bond motifs is 1. The van der Waals surface area contributed by atoms with E-state index in [-0.39, 0.29) is 22.7 Å². The largest absolute Gasteiger partial charge is 0.493 e. The van der Waals surface area contributed by atoms with Gasteiger partial charge in [0, 0.05) is 29.9 Å². The number of amides is 2. The minimum Gasteiger partial charge on any atom is -0.493 e. The first-order valence-corrected chi connectivity index (χ1v) is 10.2. The Kier molecular flexibility index (Phi) is 5.93. The summed E-state index contributed by atoms with van der Waals surface area (Å²) in [6.45, 7) is 4.03. The summed E-state index contributed by atoms with van der Waals surface area (Å²) in [5.74, 6) is 0.623. The zero-order chi connectivity index (χ0) is 18.7. The molecule has 2 heterocycles. The second kappa shape index (κ2) is 8.18. The minimum atomic E-state index is -0.228. The van der Waals surface area contributed by atoms with Crippen LogP contribution in [0.5, 0.6) is 5.75 Å². The lowest BCUT2D eigenvalue weighted by atomic mass is 9.97. The molecule has 2 N–H and O–H groups in total. The lowest BCUT2D eigenvalue weighted by Gasteiger charge is -2.26. The van der Waals surface area contributed by atoms with Crippen LogP contribution in [-0.4, -0.2) is 28.2 Å². The van der Waals surface area contributed by atoms with E-state index < -0.39 is 0 Å². The maximum Gasteiger partial charge on any atom is 0.239 e. The number of thiazole rings is 1. The molecule has 0 aliphatic carbocycles. The average Bonchev–Trinajstić information content (AvgIpc) is 3.09. The van der Waals surface area contributed by atoms with E-state index in [1.165, 1.54) is 18.3 Å². The number of halogens is 1. The van der Waals surface area contributed by atoms with E-state index in [0.717, 1.165) is 29.0 Å². The van der Waals surface area contributed by atoms with E-state index in [4.69, 9.17) is 4.74 Å². The standard InChI is InChI=1S/C18H20BrN3O3S/c1-3-13(19)17(24)22-18-21-15(9-26-18)11-4-5-16-12(8-11)14(6-7-25-16)20-10(2)23/h4-5,8-9,13-14H,3,6-7H2,1-2H3,(H,20,23)(H,21,22,24). The smallest absolute Gasteiger partial charge is 0.239 e. The van der Waals surface area contributed by atoms with Gasteiger partial charge in [-0.25, -0.2) is 4.98 Å². The number of carbonyl (C=O) groups is 2. The zero-order valence-corrected chi connectivity index (χ0v) is 16.9. The van der Waals surface area contributed by atoms with Gasteiger partial charge in [0.05, 0.1) is 23.2 Å². The predicted molar refractivity (Wildman–Crippen MR) is 106 cm³/mol. The van der Waals surface area contributed by atoms with Crippen LogP contribution in [0.1, 0.15) is 38.3 Å². The molecule has 1 aliphatic rings. The predicted octanol–water partition coefficient (Wildman–Crippen LogP) is 3.88. The van der Waals surface area contributed by atoms with Crippen molar-refractivity contribution in [3.8, 4) is 17.0 Å². The maximum absolute atomic E-state index is 12.0. The first kappa shape index (κ1) is 18.8. The topological polar surface area (TPSA) is 80.3 Å². The van der Waals surface area contributed by atoms with Gasteiger partial charge in [0.1, 0.15) is 5.75 Å². The Morgan fingerprint density at radius 1 is 1.46 bits per heavy atom. The molecule has 26 heavy (non-hydrogen) atoms. The Labute approximate surface area is 164 Å². The molecule has 2 unspecified atom stereocenters. The lowest BCUT2D eigenvalue weighted by molar-refractivity contribution is -0.120. The molecule has 2 atom stereocenters. The molecule has 138 valence electrons. The Morgan fingerprint density at radius 2 is 2.27 bits per heavy atom. The fourth-order valence-electron chi connectivity index (χ4n) is 2.78. The highest BCUT2D eigenvalue weighted by molar-refractivity contribution is 9.10. The highest BCUT2D eigenvalue weighted by Gasteiger charge is 2.23. The zero-order valence-electron chi connectivity index (χ0n) is 14.5. The van der Waals surface area contributed by atoms with Gasteiger partial charge in [0.2, 0.25) is 11.8 Å². The second-order valence-electron chi connectivity index (χ2n) is 6.05. The number of alkyl halides is 1. The van der Waals surface area contributed by atoms with Gasteiger partial charge in [-0.2, -0.15) is 0 Å². The molecule has 0 spiro atoms. The third-order valence-corrected chi connectivity index (χ3v) is 5.92. The Morgan fingerprint density at radius 3 is 3.00 bits per heavy atom. The molecule has 0 bridgehead atoms. The van der Waals surface area contributed by atoms with Crippen molar-refractivity contribution in [2.75, 3.05) is 11.9 Å². The van der Waals surface area contributed by atoms with Crippen molar-refractivity contribution in [1.82, 2.24) is 10.3 Å². The number of carbonyl (C=O) groups excluding carboxylic acids is 2. The molecule has 1 aromatic carbocycles. The van der Waals surface area contributed by atoms with Crippen LogP contribution in [0.4, 0.5) is 5.13 Å². The van der Waals surface area contributed by atoms with Crippen LogP contribution in [0.2, 0.25) is 0 Å². The van der Waals surface area contributed by atoms with Crippen LogP contribution in [-0.2, 0) is 9.59 Å². The third-order valence-electron chi connectivity index (χ3n) is 4.10. The van der Waals surface area contributed by atoms with Crippen LogP contribution in [0, 0.1) is 0 Å². The van der Waals surface area contributed by atoms with E-state index >= 15 is 0 Å². The van der Waals surface area contributed by atoms with Gasteiger partial charge in [-0.05, 0) is 24.6 Å². The number of benzene rings is 1. The molecular weight excluding hydrogens is 418 g/mol. The van der Waals surface area contributed by atoms with Crippen molar-refractivity contribution in [1.29, 1.82) is 0 Å². The Balaban J connectivity index is 1.82. The summed E-state index contributed by atoms with van der Waals surface area (Å²) in [7, 11) is 0. The monoisotopic (exact) mass is 437 g/mol. The number of nitrogens with zero attached hydrogens (tertiary/aromatic N) is 1. The first-order chi connectivity index (χ1) is 12.5. The quantitative estimate of drug-likeness (QED) is 0.695. The number of hydrogen-bond donors (Lipinski definition) is 2. The average molecular weight is 438 g/mol. The third kappa shape index (κ3) is 4.24. The molecule has 2 amide bonds. The molecule has 2 aromatic rings. The summed E-state index contributed by atoms with van der Waals surface area (Å²) in [4.78, 5) is 27.7. The second-order valence-corrected chi connectivity index (χ2v) is 8.01. The van der Waals surface area contributed by atoms with Gasteiger partial charge >= 0.3 is 0 Å². The molecular formula is C18H20BrN3O3S. The number of anilines is 1. The van der Waals surface area contributed by atoms with E-state index in [0.29, 0.717) is 18.2 Å². The van der Waals surface area contributed by atoms with Gasteiger partial charge in [0.25, 0.3) is 0 Å². The molecule has 0 fully saturated rings. The number of ether oxygens (including phenoxy) is 1. The van der Waals surface area contributed by atoms with Crippen LogP contribution in [0.25, 0.3) is 11.3 Å². The molecule has 0 saturated heterocycles. The van der Waals surface area contributed by atoms with Gasteiger partial charge in [-0.3, -0.25) is 9.59 Å². The van der Waals surface area contributed by atoms with Crippen molar-refractivity contribution < 1.29 is 14.3 Å². The minimum absolute atomic E-state index is 0.0623. The van der Waals surface area contributed by atoms with Crippen molar-refractivity contribution in [2.45, 2.75) is 37.6 Å². The fraction of sp³-hybridized carbons (Fsp3) is 0.389. The molecule has 8 heteroatoms. The summed E-state index contributed by atoms with van der Waals surface area (Å²) >= 11 is 4.72. The lowest BCUT2D eigenvalue weighted by Crippen LogP contribution is -2.30. The van der Waals surface area contributed by atoms with Gasteiger partial charge < -0.3 is 15.4 Å². The Hall–Kier alpha value is -1.93.